The molecular weight excluding hydrogens is 328 g/mol. The van der Waals surface area contributed by atoms with E-state index < -0.39 is 17.2 Å². The van der Waals surface area contributed by atoms with E-state index in [1.54, 1.807) is 7.11 Å². The Hall–Kier alpha value is -3.22. The Labute approximate surface area is 142 Å². The van der Waals surface area contributed by atoms with E-state index in [0.29, 0.717) is 12.3 Å². The summed E-state index contributed by atoms with van der Waals surface area (Å²) in [6.07, 6.45) is 2.81. The van der Waals surface area contributed by atoms with Crippen LogP contribution in [0.1, 0.15) is 5.56 Å². The van der Waals surface area contributed by atoms with Gasteiger partial charge in [0.05, 0.1) is 12.8 Å². The first kappa shape index (κ1) is 16.6. The maximum Gasteiger partial charge on any atom is 0.297 e. The fraction of sp³-hybridized carbons (Fsp3) is 0.111. The van der Waals surface area contributed by atoms with E-state index in [-0.39, 0.29) is 11.5 Å². The van der Waals surface area contributed by atoms with Gasteiger partial charge in [-0.05, 0) is 29.8 Å². The molecule has 0 saturated heterocycles. The smallest absolute Gasteiger partial charge is 0.297 e. The van der Waals surface area contributed by atoms with Gasteiger partial charge in [-0.3, -0.25) is 9.36 Å². The van der Waals surface area contributed by atoms with Crippen molar-refractivity contribution in [3.63, 3.8) is 0 Å². The highest BCUT2D eigenvalue weighted by Crippen LogP contribution is 2.14. The minimum atomic E-state index is -1.02. The fourth-order valence-electron chi connectivity index (χ4n) is 2.34. The van der Waals surface area contributed by atoms with Gasteiger partial charge in [0.2, 0.25) is 0 Å². The molecule has 5 nitrogen and oxygen atoms in total. The summed E-state index contributed by atoms with van der Waals surface area (Å²) < 4.78 is 32.8. The highest BCUT2D eigenvalue weighted by Gasteiger charge is 2.09. The second-order valence-corrected chi connectivity index (χ2v) is 5.25. The zero-order valence-electron chi connectivity index (χ0n) is 13.4. The van der Waals surface area contributed by atoms with Gasteiger partial charge in [0, 0.05) is 25.0 Å². The SMILES string of the molecule is COc1cccc(CNc2nccn(-c3ccc(F)c(F)c3)c2=O)c1. The minimum absolute atomic E-state index is 0.107. The molecule has 25 heavy (non-hydrogen) atoms. The third-order valence-electron chi connectivity index (χ3n) is 3.62. The topological polar surface area (TPSA) is 56.1 Å². The van der Waals surface area contributed by atoms with Gasteiger partial charge in [-0.2, -0.15) is 0 Å². The highest BCUT2D eigenvalue weighted by atomic mass is 19.2. The number of halogens is 2. The number of methoxy groups -OCH3 is 1. The molecule has 1 aromatic heterocycles. The van der Waals surface area contributed by atoms with Crippen LogP contribution in [0.4, 0.5) is 14.6 Å². The van der Waals surface area contributed by atoms with E-state index in [1.807, 2.05) is 24.3 Å². The van der Waals surface area contributed by atoms with Crippen molar-refractivity contribution in [2.24, 2.45) is 0 Å². The lowest BCUT2D eigenvalue weighted by molar-refractivity contribution is 0.414. The van der Waals surface area contributed by atoms with Crippen molar-refractivity contribution in [1.82, 2.24) is 9.55 Å². The predicted octanol–water partition coefficient (Wildman–Crippen LogP) is 3.13. The third kappa shape index (κ3) is 3.65. The van der Waals surface area contributed by atoms with Crippen LogP contribution >= 0.6 is 0 Å². The summed E-state index contributed by atoms with van der Waals surface area (Å²) in [6, 6.07) is 10.6. The molecule has 0 aliphatic rings. The lowest BCUT2D eigenvalue weighted by Gasteiger charge is -2.10. The average molecular weight is 343 g/mol. The van der Waals surface area contributed by atoms with Crippen LogP contribution in [0.25, 0.3) is 5.69 Å². The molecule has 3 aromatic rings. The van der Waals surface area contributed by atoms with E-state index in [9.17, 15) is 13.6 Å². The molecule has 0 unspecified atom stereocenters. The van der Waals surface area contributed by atoms with Gasteiger partial charge in [0.1, 0.15) is 5.75 Å². The molecule has 128 valence electrons. The van der Waals surface area contributed by atoms with Crippen molar-refractivity contribution in [3.05, 3.63) is 82.4 Å². The van der Waals surface area contributed by atoms with Crippen LogP contribution in [0.2, 0.25) is 0 Å². The molecule has 1 N–H and O–H groups in total. The summed E-state index contributed by atoms with van der Waals surface area (Å²) >= 11 is 0. The van der Waals surface area contributed by atoms with Crippen LogP contribution in [-0.4, -0.2) is 16.7 Å². The Morgan fingerprint density at radius 2 is 2.00 bits per heavy atom. The van der Waals surface area contributed by atoms with Gasteiger partial charge in [0.25, 0.3) is 5.56 Å². The Balaban J connectivity index is 1.85. The second kappa shape index (κ2) is 7.12. The molecule has 3 rings (SSSR count). The second-order valence-electron chi connectivity index (χ2n) is 5.25. The number of hydrogen-bond donors (Lipinski definition) is 1. The van der Waals surface area contributed by atoms with Crippen LogP contribution in [0.15, 0.2) is 59.7 Å². The minimum Gasteiger partial charge on any atom is -0.497 e. The van der Waals surface area contributed by atoms with E-state index in [4.69, 9.17) is 4.74 Å². The van der Waals surface area contributed by atoms with Gasteiger partial charge < -0.3 is 10.1 Å². The van der Waals surface area contributed by atoms with Crippen LogP contribution in [0.5, 0.6) is 5.75 Å². The molecule has 0 amide bonds. The summed E-state index contributed by atoms with van der Waals surface area (Å²) in [5, 5.41) is 2.95. The van der Waals surface area contributed by atoms with E-state index in [2.05, 4.69) is 10.3 Å². The number of ether oxygens (including phenoxy) is 1. The lowest BCUT2D eigenvalue weighted by Crippen LogP contribution is -2.23. The quantitative estimate of drug-likeness (QED) is 0.773. The Morgan fingerprint density at radius 1 is 1.16 bits per heavy atom. The van der Waals surface area contributed by atoms with Crippen LogP contribution in [0.3, 0.4) is 0 Å². The maximum absolute atomic E-state index is 13.4. The molecule has 2 aromatic carbocycles. The number of nitrogens with one attached hydrogen (secondary N) is 1. The molecule has 0 spiro atoms. The first-order valence-corrected chi connectivity index (χ1v) is 7.48. The molecule has 1 heterocycles. The monoisotopic (exact) mass is 343 g/mol. The average Bonchev–Trinajstić information content (AvgIpc) is 2.63. The number of anilines is 1. The number of rotatable bonds is 5. The molecule has 0 atom stereocenters. The van der Waals surface area contributed by atoms with Crippen LogP contribution < -0.4 is 15.6 Å². The van der Waals surface area contributed by atoms with Gasteiger partial charge >= 0.3 is 0 Å². The highest BCUT2D eigenvalue weighted by molar-refractivity contribution is 5.40. The summed E-state index contributed by atoms with van der Waals surface area (Å²) in [5.41, 5.74) is 0.663. The Morgan fingerprint density at radius 3 is 2.76 bits per heavy atom. The molecule has 0 bridgehead atoms. The van der Waals surface area contributed by atoms with Gasteiger partial charge in [-0.1, -0.05) is 12.1 Å². The van der Waals surface area contributed by atoms with Crippen molar-refractivity contribution in [3.8, 4) is 11.4 Å². The van der Waals surface area contributed by atoms with Crippen molar-refractivity contribution in [1.29, 1.82) is 0 Å². The molecule has 0 aliphatic heterocycles. The first-order chi connectivity index (χ1) is 12.1. The zero-order chi connectivity index (χ0) is 17.8. The van der Waals surface area contributed by atoms with Gasteiger partial charge in [-0.25, -0.2) is 13.8 Å². The first-order valence-electron chi connectivity index (χ1n) is 7.48. The fourth-order valence-corrected chi connectivity index (χ4v) is 2.34. The van der Waals surface area contributed by atoms with Crippen LogP contribution in [0, 0.1) is 11.6 Å². The summed E-state index contributed by atoms with van der Waals surface area (Å²) in [7, 11) is 1.58. The van der Waals surface area contributed by atoms with E-state index in [1.165, 1.54) is 23.0 Å². The van der Waals surface area contributed by atoms with Crippen molar-refractivity contribution in [2.75, 3.05) is 12.4 Å². The maximum atomic E-state index is 13.4. The summed E-state index contributed by atoms with van der Waals surface area (Å²) in [4.78, 5) is 16.5. The predicted molar refractivity (Wildman–Crippen MR) is 90.1 cm³/mol. The lowest BCUT2D eigenvalue weighted by atomic mass is 10.2. The zero-order valence-corrected chi connectivity index (χ0v) is 13.4. The van der Waals surface area contributed by atoms with Crippen molar-refractivity contribution >= 4 is 5.82 Å². The van der Waals surface area contributed by atoms with Gasteiger partial charge in [-0.15, -0.1) is 0 Å². The molecular formula is C18H15F2N3O2. The van der Waals surface area contributed by atoms with Gasteiger partial charge in [0.15, 0.2) is 17.5 Å². The normalized spacial score (nSPS) is 10.5. The summed E-state index contributed by atoms with van der Waals surface area (Å²) in [6.45, 7) is 0.362. The Kier molecular flexibility index (Phi) is 4.74. The van der Waals surface area contributed by atoms with Crippen molar-refractivity contribution < 1.29 is 13.5 Å². The Bertz CT molecular complexity index is 957. The third-order valence-corrected chi connectivity index (χ3v) is 3.62. The largest absolute Gasteiger partial charge is 0.497 e. The summed E-state index contributed by atoms with van der Waals surface area (Å²) in [5.74, 6) is -1.18. The molecule has 0 saturated carbocycles. The molecule has 0 aliphatic carbocycles. The molecule has 0 radical (unpaired) electrons. The number of benzene rings is 2. The number of aromatic nitrogens is 2. The van der Waals surface area contributed by atoms with Crippen molar-refractivity contribution in [2.45, 2.75) is 6.54 Å². The standard InChI is InChI=1S/C18H15F2N3O2/c1-25-14-4-2-3-12(9-14)11-22-17-18(24)23(8-7-21-17)13-5-6-15(19)16(20)10-13/h2-10H,11H2,1H3,(H,21,22). The number of nitrogens with zero attached hydrogens (tertiary/aromatic N) is 2. The van der Waals surface area contributed by atoms with Crippen LogP contribution in [-0.2, 0) is 6.54 Å². The van der Waals surface area contributed by atoms with E-state index in [0.717, 1.165) is 17.7 Å². The molecule has 7 heteroatoms. The van der Waals surface area contributed by atoms with E-state index >= 15 is 0 Å². The molecule has 0 fully saturated rings. The number of hydrogen-bond acceptors (Lipinski definition) is 4.